The van der Waals surface area contributed by atoms with Crippen LogP contribution in [0.15, 0.2) is 35.4 Å². The number of fused-ring (bicyclic) bond motifs is 3. The normalized spacial score (nSPS) is 20.4. The summed E-state index contributed by atoms with van der Waals surface area (Å²) in [5.41, 5.74) is 1.55. The third-order valence-corrected chi connectivity index (χ3v) is 7.03. The number of likely N-dealkylation sites (N-methyl/N-ethyl adjacent to an activating group) is 1. The number of hydrogen-bond acceptors (Lipinski definition) is 6. The molecule has 2 aliphatic rings. The van der Waals surface area contributed by atoms with Crippen molar-refractivity contribution in [1.82, 2.24) is 14.3 Å². The van der Waals surface area contributed by atoms with E-state index in [0.29, 0.717) is 18.1 Å². The van der Waals surface area contributed by atoms with Gasteiger partial charge in [-0.1, -0.05) is 17.7 Å². The summed E-state index contributed by atoms with van der Waals surface area (Å²) in [7, 11) is -2.05. The molecule has 1 aromatic heterocycles. The van der Waals surface area contributed by atoms with Crippen LogP contribution in [-0.4, -0.2) is 61.3 Å². The first-order valence-corrected chi connectivity index (χ1v) is 10.2. The monoisotopic (exact) mass is 407 g/mol. The van der Waals surface area contributed by atoms with Gasteiger partial charge in [0.25, 0.3) is 5.91 Å². The fourth-order valence-corrected chi connectivity index (χ4v) is 5.00. The van der Waals surface area contributed by atoms with Crippen LogP contribution in [0.3, 0.4) is 0 Å². The Morgan fingerprint density at radius 2 is 1.89 bits per heavy atom. The Balaban J connectivity index is 1.67. The average molecular weight is 408 g/mol. The van der Waals surface area contributed by atoms with Gasteiger partial charge < -0.3 is 9.80 Å². The number of carbonyl (C=O) groups is 1. The summed E-state index contributed by atoms with van der Waals surface area (Å²) in [6.07, 6.45) is 1.51. The lowest BCUT2D eigenvalue weighted by atomic mass is 10.1. The van der Waals surface area contributed by atoms with Gasteiger partial charge in [0.15, 0.2) is 5.82 Å². The quantitative estimate of drug-likeness (QED) is 0.697. The molecule has 2 aliphatic heterocycles. The molecule has 0 aliphatic carbocycles. The molecule has 0 spiro atoms. The molecule has 0 unspecified atom stereocenters. The number of aromatic nitrogens is 2. The number of piperazine rings is 1. The lowest BCUT2D eigenvalue weighted by Crippen LogP contribution is -2.63. The van der Waals surface area contributed by atoms with Crippen LogP contribution in [-0.2, 0) is 14.8 Å². The second kappa shape index (κ2) is 6.43. The van der Waals surface area contributed by atoms with Crippen molar-refractivity contribution in [3.05, 3.63) is 41.3 Å². The fraction of sp³-hybridized carbons (Fsp3) is 0.353. The largest absolute Gasteiger partial charge is 0.340 e. The zero-order chi connectivity index (χ0) is 19.3. The molecule has 8 nitrogen and oxygen atoms in total. The highest BCUT2D eigenvalue weighted by atomic mass is 35.5. The van der Waals surface area contributed by atoms with Crippen molar-refractivity contribution in [1.29, 1.82) is 0 Å². The Bertz CT molecular complexity index is 1010. The first-order chi connectivity index (χ1) is 12.8. The fourth-order valence-electron chi connectivity index (χ4n) is 3.44. The Labute approximate surface area is 162 Å². The second-order valence-electron chi connectivity index (χ2n) is 6.63. The molecular formula is C17H18ClN5O3S. The van der Waals surface area contributed by atoms with Gasteiger partial charge in [-0.05, 0) is 30.7 Å². The van der Waals surface area contributed by atoms with E-state index >= 15 is 0 Å². The molecule has 1 saturated heterocycles. The van der Waals surface area contributed by atoms with Gasteiger partial charge in [0.2, 0.25) is 15.3 Å². The van der Waals surface area contributed by atoms with Gasteiger partial charge in [0, 0.05) is 26.7 Å². The summed E-state index contributed by atoms with van der Waals surface area (Å²) in [6.45, 7) is 2.55. The van der Waals surface area contributed by atoms with Crippen LogP contribution < -0.4 is 9.80 Å². The predicted molar refractivity (Wildman–Crippen MR) is 102 cm³/mol. The van der Waals surface area contributed by atoms with Gasteiger partial charge in [0.05, 0.1) is 11.1 Å². The SMILES string of the molecule is Cc1ccc(S(=O)(=O)N2CCN3c4nc(Cl)ncc4N(C)C(=O)[C@H]3C2)cc1. The Morgan fingerprint density at radius 3 is 2.59 bits per heavy atom. The second-order valence-corrected chi connectivity index (χ2v) is 8.91. The van der Waals surface area contributed by atoms with E-state index in [2.05, 4.69) is 9.97 Å². The number of nitrogens with zero attached hydrogens (tertiary/aromatic N) is 5. The first-order valence-electron chi connectivity index (χ1n) is 8.42. The minimum absolute atomic E-state index is 0.0560. The summed E-state index contributed by atoms with van der Waals surface area (Å²) in [6, 6.07) is 6.06. The zero-order valence-corrected chi connectivity index (χ0v) is 16.4. The van der Waals surface area contributed by atoms with Crippen LogP contribution in [0, 0.1) is 6.92 Å². The number of hydrogen-bond donors (Lipinski definition) is 0. The van der Waals surface area contributed by atoms with Crippen molar-refractivity contribution in [2.24, 2.45) is 0 Å². The summed E-state index contributed by atoms with van der Waals surface area (Å²) >= 11 is 5.93. The summed E-state index contributed by atoms with van der Waals surface area (Å²) in [5, 5.41) is 0.0879. The predicted octanol–water partition coefficient (Wildman–Crippen LogP) is 1.29. The number of benzene rings is 1. The van der Waals surface area contributed by atoms with Crippen LogP contribution in [0.2, 0.25) is 5.28 Å². The van der Waals surface area contributed by atoms with Crippen LogP contribution >= 0.6 is 11.6 Å². The number of rotatable bonds is 2. The van der Waals surface area contributed by atoms with Crippen molar-refractivity contribution in [2.75, 3.05) is 36.5 Å². The Kier molecular flexibility index (Phi) is 4.32. The van der Waals surface area contributed by atoms with Crippen molar-refractivity contribution < 1.29 is 13.2 Å². The third-order valence-electron chi connectivity index (χ3n) is 4.97. The molecule has 0 radical (unpaired) electrons. The maximum Gasteiger partial charge on any atom is 0.250 e. The topological polar surface area (TPSA) is 86.7 Å². The standard InChI is InChI=1S/C17H18ClN5O3S/c1-11-3-5-12(6-4-11)27(25,26)22-7-8-23-14(10-22)16(24)21(2)13-9-19-17(18)20-15(13)23/h3-6,9,14H,7-8,10H2,1-2H3/t14-/m1/s1. The third kappa shape index (κ3) is 2.95. The molecule has 0 N–H and O–H groups in total. The Morgan fingerprint density at radius 1 is 1.19 bits per heavy atom. The van der Waals surface area contributed by atoms with Crippen LogP contribution in [0.25, 0.3) is 0 Å². The molecular weight excluding hydrogens is 390 g/mol. The molecule has 0 bridgehead atoms. The number of halogens is 1. The molecule has 3 heterocycles. The summed E-state index contributed by atoms with van der Waals surface area (Å²) in [4.78, 5) is 24.5. The van der Waals surface area contributed by atoms with Gasteiger partial charge >= 0.3 is 0 Å². The molecule has 1 aromatic carbocycles. The highest BCUT2D eigenvalue weighted by molar-refractivity contribution is 7.89. The van der Waals surface area contributed by atoms with E-state index in [1.807, 2.05) is 11.8 Å². The van der Waals surface area contributed by atoms with E-state index in [9.17, 15) is 13.2 Å². The number of aryl methyl sites for hydroxylation is 1. The minimum Gasteiger partial charge on any atom is -0.340 e. The zero-order valence-electron chi connectivity index (χ0n) is 14.8. The smallest absolute Gasteiger partial charge is 0.250 e. The number of amides is 1. The average Bonchev–Trinajstić information content (AvgIpc) is 2.66. The first kappa shape index (κ1) is 18.1. The number of carbonyl (C=O) groups excluding carboxylic acids is 1. The Hall–Kier alpha value is -2.23. The van der Waals surface area contributed by atoms with Crippen molar-refractivity contribution in [3.8, 4) is 0 Å². The molecule has 1 atom stereocenters. The van der Waals surface area contributed by atoms with Crippen LogP contribution in [0.1, 0.15) is 5.56 Å². The molecule has 2 aromatic rings. The lowest BCUT2D eigenvalue weighted by molar-refractivity contribution is -0.120. The van der Waals surface area contributed by atoms with Crippen molar-refractivity contribution in [2.45, 2.75) is 17.9 Å². The molecule has 10 heteroatoms. The van der Waals surface area contributed by atoms with Crippen molar-refractivity contribution >= 4 is 39.0 Å². The van der Waals surface area contributed by atoms with E-state index in [1.54, 1.807) is 31.3 Å². The van der Waals surface area contributed by atoms with Crippen molar-refractivity contribution in [3.63, 3.8) is 0 Å². The molecule has 27 heavy (non-hydrogen) atoms. The lowest BCUT2D eigenvalue weighted by Gasteiger charge is -2.45. The van der Waals surface area contributed by atoms with Crippen LogP contribution in [0.5, 0.6) is 0 Å². The van der Waals surface area contributed by atoms with E-state index < -0.39 is 16.1 Å². The van der Waals surface area contributed by atoms with Crippen LogP contribution in [0.4, 0.5) is 11.5 Å². The highest BCUT2D eigenvalue weighted by Gasteiger charge is 2.44. The number of sulfonamides is 1. The van der Waals surface area contributed by atoms with Gasteiger partial charge in [-0.15, -0.1) is 0 Å². The molecule has 1 amide bonds. The van der Waals surface area contributed by atoms with E-state index in [-0.39, 0.29) is 29.2 Å². The molecule has 0 saturated carbocycles. The maximum absolute atomic E-state index is 13.0. The highest BCUT2D eigenvalue weighted by Crippen LogP contribution is 2.36. The number of anilines is 2. The molecule has 142 valence electrons. The van der Waals surface area contributed by atoms with Gasteiger partial charge in [-0.3, -0.25) is 4.79 Å². The van der Waals surface area contributed by atoms with E-state index in [1.165, 1.54) is 15.4 Å². The van der Waals surface area contributed by atoms with E-state index in [0.717, 1.165) is 5.56 Å². The molecule has 1 fully saturated rings. The van der Waals surface area contributed by atoms with Gasteiger partial charge in [0.1, 0.15) is 11.7 Å². The van der Waals surface area contributed by atoms with E-state index in [4.69, 9.17) is 11.6 Å². The van der Waals surface area contributed by atoms with Gasteiger partial charge in [-0.25, -0.2) is 13.4 Å². The maximum atomic E-state index is 13.0. The summed E-state index contributed by atoms with van der Waals surface area (Å²) < 4.78 is 27.4. The molecule has 4 rings (SSSR count). The van der Waals surface area contributed by atoms with Gasteiger partial charge in [-0.2, -0.15) is 9.29 Å². The minimum atomic E-state index is -3.68. The summed E-state index contributed by atoms with van der Waals surface area (Å²) in [5.74, 6) is 0.353.